The molecule has 0 heterocycles. The van der Waals surface area contributed by atoms with Crippen molar-refractivity contribution in [1.29, 1.82) is 0 Å². The summed E-state index contributed by atoms with van der Waals surface area (Å²) in [7, 11) is 0. The molecule has 1 aliphatic carbocycles. The van der Waals surface area contributed by atoms with Gasteiger partial charge < -0.3 is 4.74 Å². The van der Waals surface area contributed by atoms with E-state index in [1.807, 2.05) is 0 Å². The van der Waals surface area contributed by atoms with Crippen molar-refractivity contribution in [2.45, 2.75) is 59.3 Å². The Balaban J connectivity index is 2.83. The van der Waals surface area contributed by atoms with Crippen LogP contribution in [0.2, 0.25) is 0 Å². The number of carbonyl (C=O) groups excluding carboxylic acids is 1. The fraction of sp³-hybridized carbons (Fsp3) is 0.526. The Bertz CT molecular complexity index is 542. The van der Waals surface area contributed by atoms with E-state index in [1.54, 1.807) is 19.9 Å². The van der Waals surface area contributed by atoms with Gasteiger partial charge in [-0.15, -0.1) is 0 Å². The van der Waals surface area contributed by atoms with Crippen LogP contribution in [0.1, 0.15) is 59.3 Å². The molecule has 0 aromatic heterocycles. The third kappa shape index (κ3) is 6.37. The van der Waals surface area contributed by atoms with Crippen molar-refractivity contribution in [2.24, 2.45) is 0 Å². The molecule has 0 saturated carbocycles. The summed E-state index contributed by atoms with van der Waals surface area (Å²) in [6.07, 6.45) is 8.05. The zero-order valence-corrected chi connectivity index (χ0v) is 13.3. The van der Waals surface area contributed by atoms with Crippen molar-refractivity contribution in [3.8, 4) is 23.7 Å². The predicted octanol–water partition coefficient (Wildman–Crippen LogP) is 4.17. The minimum absolute atomic E-state index is 0.299. The molecule has 1 rings (SSSR count). The highest BCUT2D eigenvalue weighted by atomic mass is 16.5. The lowest BCUT2D eigenvalue weighted by Gasteiger charge is -2.11. The number of rotatable bonds is 3. The fourth-order valence-electron chi connectivity index (χ4n) is 2.01. The average molecular weight is 284 g/mol. The van der Waals surface area contributed by atoms with Gasteiger partial charge in [0, 0.05) is 23.1 Å². The van der Waals surface area contributed by atoms with Crippen LogP contribution in [0.15, 0.2) is 22.8 Å². The molecule has 0 aromatic rings. The molecule has 0 saturated heterocycles. The van der Waals surface area contributed by atoms with Gasteiger partial charge in [-0.3, -0.25) is 0 Å². The molecule has 2 heteroatoms. The van der Waals surface area contributed by atoms with Gasteiger partial charge >= 0.3 is 5.97 Å². The summed E-state index contributed by atoms with van der Waals surface area (Å²) in [4.78, 5) is 11.5. The zero-order valence-electron chi connectivity index (χ0n) is 13.3. The molecular weight excluding hydrogens is 260 g/mol. The van der Waals surface area contributed by atoms with Gasteiger partial charge in [0.25, 0.3) is 0 Å². The van der Waals surface area contributed by atoms with Crippen LogP contribution in [0.4, 0.5) is 0 Å². The molecule has 0 bridgehead atoms. The Kier molecular flexibility index (Phi) is 8.07. The molecule has 21 heavy (non-hydrogen) atoms. The van der Waals surface area contributed by atoms with E-state index >= 15 is 0 Å². The molecule has 112 valence electrons. The van der Waals surface area contributed by atoms with Crippen molar-refractivity contribution < 1.29 is 9.53 Å². The molecular formula is C19H24O2. The summed E-state index contributed by atoms with van der Waals surface area (Å²) in [6.45, 7) is 6.04. The number of unbranched alkanes of at least 4 members (excludes halogenated alkanes) is 1. The summed E-state index contributed by atoms with van der Waals surface area (Å²) >= 11 is 0. The number of allylic oxidation sites excluding steroid dienone is 3. The largest absolute Gasteiger partial charge is 0.463 e. The van der Waals surface area contributed by atoms with Crippen molar-refractivity contribution in [3.05, 3.63) is 22.8 Å². The summed E-state index contributed by atoms with van der Waals surface area (Å²) < 4.78 is 4.92. The maximum atomic E-state index is 11.5. The first-order valence-corrected chi connectivity index (χ1v) is 7.75. The molecule has 0 fully saturated rings. The maximum absolute atomic E-state index is 11.5. The second-order valence-corrected chi connectivity index (χ2v) is 5.03. The summed E-state index contributed by atoms with van der Waals surface area (Å²) in [5, 5.41) is 0. The monoisotopic (exact) mass is 284 g/mol. The highest BCUT2D eigenvalue weighted by molar-refractivity contribution is 5.88. The highest BCUT2D eigenvalue weighted by Gasteiger charge is 2.09. The van der Waals surface area contributed by atoms with Crippen LogP contribution in [0.5, 0.6) is 0 Å². The Morgan fingerprint density at radius 2 is 1.86 bits per heavy atom. The smallest absolute Gasteiger partial charge is 0.334 e. The van der Waals surface area contributed by atoms with Crippen LogP contribution in [0, 0.1) is 23.7 Å². The molecule has 2 nitrogen and oxygen atoms in total. The van der Waals surface area contributed by atoms with E-state index in [4.69, 9.17) is 4.74 Å². The molecule has 1 aliphatic rings. The Morgan fingerprint density at radius 1 is 1.19 bits per heavy atom. The molecule has 0 amide bonds. The quantitative estimate of drug-likeness (QED) is 0.441. The molecule has 0 aliphatic heterocycles. The number of hydrogen-bond donors (Lipinski definition) is 0. The SMILES string of the molecule is CCCC#CC1=C(C#C/C=C(\C)C(=O)OCC)CCCC1. The Hall–Kier alpha value is -1.93. The highest BCUT2D eigenvalue weighted by Crippen LogP contribution is 2.23. The van der Waals surface area contributed by atoms with Crippen LogP contribution in [-0.2, 0) is 9.53 Å². The molecule has 0 spiro atoms. The lowest BCUT2D eigenvalue weighted by molar-refractivity contribution is -0.138. The van der Waals surface area contributed by atoms with Gasteiger partial charge in [0.2, 0.25) is 0 Å². The second-order valence-electron chi connectivity index (χ2n) is 5.03. The lowest BCUT2D eigenvalue weighted by atomic mass is 9.92. The van der Waals surface area contributed by atoms with Gasteiger partial charge in [-0.25, -0.2) is 4.79 Å². The standard InChI is InChI=1S/C19H24O2/c1-4-6-7-12-17-13-8-9-14-18(17)15-10-11-16(3)19(20)21-5-2/h11H,4-6,8-9,13-14H2,1-3H3/b16-11+. The topological polar surface area (TPSA) is 26.3 Å². The van der Waals surface area contributed by atoms with E-state index in [9.17, 15) is 4.79 Å². The van der Waals surface area contributed by atoms with Crippen molar-refractivity contribution in [3.63, 3.8) is 0 Å². The first kappa shape index (κ1) is 17.1. The molecule has 0 N–H and O–H groups in total. The van der Waals surface area contributed by atoms with Crippen molar-refractivity contribution >= 4 is 5.97 Å². The Labute approximate surface area is 128 Å². The third-order valence-corrected chi connectivity index (χ3v) is 3.19. The van der Waals surface area contributed by atoms with E-state index in [2.05, 4.69) is 30.6 Å². The molecule has 0 unspecified atom stereocenters. The molecule has 0 atom stereocenters. The van der Waals surface area contributed by atoms with Gasteiger partial charge in [0.1, 0.15) is 0 Å². The number of esters is 1. The normalized spacial score (nSPS) is 14.7. The van der Waals surface area contributed by atoms with Crippen LogP contribution in [0.3, 0.4) is 0 Å². The third-order valence-electron chi connectivity index (χ3n) is 3.19. The molecule has 0 aromatic carbocycles. The van der Waals surface area contributed by atoms with E-state index in [-0.39, 0.29) is 5.97 Å². The summed E-state index contributed by atoms with van der Waals surface area (Å²) in [5.74, 6) is 12.3. The van der Waals surface area contributed by atoms with Gasteiger partial charge in [0.15, 0.2) is 0 Å². The van der Waals surface area contributed by atoms with Gasteiger partial charge in [-0.1, -0.05) is 30.6 Å². The zero-order chi connectivity index (χ0) is 15.5. The summed E-state index contributed by atoms with van der Waals surface area (Å²) in [6, 6.07) is 0. The van der Waals surface area contributed by atoms with E-state index in [1.165, 1.54) is 18.4 Å². The van der Waals surface area contributed by atoms with Crippen LogP contribution < -0.4 is 0 Å². The first-order valence-electron chi connectivity index (χ1n) is 7.75. The van der Waals surface area contributed by atoms with E-state index in [0.717, 1.165) is 31.3 Å². The summed E-state index contributed by atoms with van der Waals surface area (Å²) in [5.41, 5.74) is 2.86. The first-order chi connectivity index (χ1) is 10.2. The van der Waals surface area contributed by atoms with Crippen LogP contribution in [-0.4, -0.2) is 12.6 Å². The van der Waals surface area contributed by atoms with E-state index in [0.29, 0.717) is 12.2 Å². The van der Waals surface area contributed by atoms with Gasteiger partial charge in [-0.05, 0) is 52.0 Å². The average Bonchev–Trinajstić information content (AvgIpc) is 2.49. The minimum Gasteiger partial charge on any atom is -0.463 e. The van der Waals surface area contributed by atoms with Gasteiger partial charge in [0.05, 0.1) is 6.61 Å². The number of ether oxygens (including phenoxy) is 1. The second kappa shape index (κ2) is 9.89. The maximum Gasteiger partial charge on any atom is 0.334 e. The molecule has 0 radical (unpaired) electrons. The lowest BCUT2D eigenvalue weighted by Crippen LogP contribution is -2.04. The Morgan fingerprint density at radius 3 is 2.48 bits per heavy atom. The fourth-order valence-corrected chi connectivity index (χ4v) is 2.01. The van der Waals surface area contributed by atoms with E-state index < -0.39 is 0 Å². The predicted molar refractivity (Wildman–Crippen MR) is 86.3 cm³/mol. The number of hydrogen-bond acceptors (Lipinski definition) is 2. The van der Waals surface area contributed by atoms with Gasteiger partial charge in [-0.2, -0.15) is 0 Å². The minimum atomic E-state index is -0.299. The van der Waals surface area contributed by atoms with Crippen molar-refractivity contribution in [1.82, 2.24) is 0 Å². The van der Waals surface area contributed by atoms with Crippen molar-refractivity contribution in [2.75, 3.05) is 6.61 Å². The van der Waals surface area contributed by atoms with Crippen LogP contribution >= 0.6 is 0 Å². The van der Waals surface area contributed by atoms with Crippen LogP contribution in [0.25, 0.3) is 0 Å². The number of carbonyl (C=O) groups is 1.